The van der Waals surface area contributed by atoms with E-state index in [9.17, 15) is 9.90 Å². The third-order valence-corrected chi connectivity index (χ3v) is 3.80. The first-order valence-corrected chi connectivity index (χ1v) is 8.53. The summed E-state index contributed by atoms with van der Waals surface area (Å²) in [6.45, 7) is -11.0. The van der Waals surface area contributed by atoms with Gasteiger partial charge >= 0.3 is 6.09 Å². The molecule has 3 N–H and O–H groups in total. The molecule has 2 rings (SSSR count). The number of benzene rings is 2. The summed E-state index contributed by atoms with van der Waals surface area (Å²) >= 11 is 0. The lowest BCUT2D eigenvalue weighted by molar-refractivity contribution is 0.100. The fraction of sp³-hybridized carbons (Fsp3) is 0.409. The van der Waals surface area contributed by atoms with Crippen molar-refractivity contribution in [3.05, 3.63) is 71.8 Å². The van der Waals surface area contributed by atoms with Crippen LogP contribution in [0.5, 0.6) is 0 Å². The summed E-state index contributed by atoms with van der Waals surface area (Å²) in [7, 11) is 0. The summed E-state index contributed by atoms with van der Waals surface area (Å²) in [5, 5.41) is 15.4. The lowest BCUT2D eigenvalue weighted by Gasteiger charge is -2.25. The van der Waals surface area contributed by atoms with Crippen LogP contribution in [0.2, 0.25) is 0 Å². The molecule has 0 aliphatic carbocycles. The molecule has 0 spiro atoms. The van der Waals surface area contributed by atoms with E-state index < -0.39 is 50.9 Å². The number of ether oxygens (including phenoxy) is 1. The highest BCUT2D eigenvalue weighted by atomic mass is 16.5. The highest BCUT2D eigenvalue weighted by Crippen LogP contribution is 2.08. The molecule has 0 saturated carbocycles. The largest absolute Gasteiger partial charge is 0.445 e. The fourth-order valence-electron chi connectivity index (χ4n) is 2.45. The summed E-state index contributed by atoms with van der Waals surface area (Å²) < 4.78 is 74.4. The molecular formula is C22H30N2O3. The Bertz CT molecular complexity index is 956. The molecule has 2 aromatic rings. The van der Waals surface area contributed by atoms with E-state index in [1.54, 1.807) is 54.6 Å². The van der Waals surface area contributed by atoms with Gasteiger partial charge in [0.15, 0.2) is 0 Å². The fourth-order valence-corrected chi connectivity index (χ4v) is 2.45. The molecule has 5 nitrogen and oxygen atoms in total. The van der Waals surface area contributed by atoms with Crippen LogP contribution in [-0.2, 0) is 17.8 Å². The maximum atomic E-state index is 12.4. The van der Waals surface area contributed by atoms with E-state index in [2.05, 4.69) is 10.6 Å². The molecular weight excluding hydrogens is 340 g/mol. The average Bonchev–Trinajstić information content (AvgIpc) is 2.80. The summed E-state index contributed by atoms with van der Waals surface area (Å²) in [5.74, 6) is -3.52. The third-order valence-electron chi connectivity index (χ3n) is 3.80. The SMILES string of the molecule is [2H]C([2H])([2H])C([2H])(C([2H])([2H])[2H])C([2H])([2H])NC[C@@H](O)[C@H](Cc1ccccc1)NC(=O)OCc1ccccc1. The second kappa shape index (κ2) is 11.4. The van der Waals surface area contributed by atoms with Crippen molar-refractivity contribution in [3.63, 3.8) is 0 Å². The van der Waals surface area contributed by atoms with Gasteiger partial charge in [-0.2, -0.15) is 0 Å². The first-order chi connectivity index (χ1) is 16.6. The summed E-state index contributed by atoms with van der Waals surface area (Å²) in [4.78, 5) is 12.4. The molecule has 0 saturated heterocycles. The minimum atomic E-state index is -3.52. The number of hydrogen-bond acceptors (Lipinski definition) is 4. The van der Waals surface area contributed by atoms with E-state index >= 15 is 0 Å². The molecule has 0 aromatic heterocycles. The minimum Gasteiger partial charge on any atom is -0.445 e. The number of carbonyl (C=O) groups is 1. The monoisotopic (exact) mass is 379 g/mol. The quantitative estimate of drug-likeness (QED) is 0.593. The molecule has 5 heteroatoms. The number of nitrogens with one attached hydrogen (secondary N) is 2. The van der Waals surface area contributed by atoms with Gasteiger partial charge in [0.2, 0.25) is 0 Å². The topological polar surface area (TPSA) is 70.6 Å². The van der Waals surface area contributed by atoms with Crippen LogP contribution in [0.25, 0.3) is 0 Å². The van der Waals surface area contributed by atoms with Crippen LogP contribution in [-0.4, -0.2) is 36.4 Å². The van der Waals surface area contributed by atoms with Gasteiger partial charge in [-0.3, -0.25) is 0 Å². The number of hydrogen-bond donors (Lipinski definition) is 3. The first-order valence-electron chi connectivity index (χ1n) is 13.0. The molecule has 0 aliphatic rings. The van der Waals surface area contributed by atoms with Crippen molar-refractivity contribution in [3.8, 4) is 0 Å². The Morgan fingerprint density at radius 3 is 2.41 bits per heavy atom. The van der Waals surface area contributed by atoms with Crippen molar-refractivity contribution >= 4 is 6.09 Å². The Balaban J connectivity index is 2.16. The molecule has 0 bridgehead atoms. The van der Waals surface area contributed by atoms with Gasteiger partial charge in [0.25, 0.3) is 0 Å². The van der Waals surface area contributed by atoms with Crippen molar-refractivity contribution in [1.82, 2.24) is 10.6 Å². The molecule has 27 heavy (non-hydrogen) atoms. The summed E-state index contributed by atoms with van der Waals surface area (Å²) in [6, 6.07) is 16.7. The molecule has 0 aliphatic heterocycles. The van der Waals surface area contributed by atoms with Gasteiger partial charge in [0.1, 0.15) is 6.61 Å². The standard InChI is InChI=1S/C22H30N2O3/c1-17(2)14-23-15-21(25)20(13-18-9-5-3-6-10-18)24-22(26)27-16-19-11-7-4-8-12-19/h3-12,17,20-21,23,25H,13-16H2,1-2H3,(H,24,26)/t20-,21+/m0/s1/i1D3,2D3,14D2,17D. The zero-order valence-electron chi connectivity index (χ0n) is 23.8. The van der Waals surface area contributed by atoms with Crippen molar-refractivity contribution in [2.75, 3.05) is 13.0 Å². The van der Waals surface area contributed by atoms with Crippen LogP contribution in [0.1, 0.15) is 37.2 Å². The Hall–Kier alpha value is -2.37. The lowest BCUT2D eigenvalue weighted by Crippen LogP contribution is -2.49. The van der Waals surface area contributed by atoms with E-state index in [0.717, 1.165) is 11.1 Å². The number of rotatable bonds is 10. The van der Waals surface area contributed by atoms with Crippen molar-refractivity contribution in [1.29, 1.82) is 0 Å². The molecule has 1 amide bonds. The zero-order chi connectivity index (χ0) is 27.2. The van der Waals surface area contributed by atoms with Gasteiger partial charge in [-0.1, -0.05) is 74.4 Å². The summed E-state index contributed by atoms with van der Waals surface area (Å²) in [6.07, 6.45) is -2.24. The lowest BCUT2D eigenvalue weighted by atomic mass is 10.0. The number of aliphatic hydroxyl groups excluding tert-OH is 1. The number of amides is 1. The molecule has 0 radical (unpaired) electrons. The second-order valence-corrected chi connectivity index (χ2v) is 5.95. The Morgan fingerprint density at radius 2 is 1.78 bits per heavy atom. The predicted octanol–water partition coefficient (Wildman–Crippen LogP) is 3.13. The van der Waals surface area contributed by atoms with E-state index in [1.165, 1.54) is 0 Å². The number of aliphatic hydroxyl groups is 1. The van der Waals surface area contributed by atoms with Gasteiger partial charge in [-0.05, 0) is 29.9 Å². The van der Waals surface area contributed by atoms with E-state index in [-0.39, 0.29) is 13.0 Å². The zero-order valence-corrected chi connectivity index (χ0v) is 14.8. The number of carbonyl (C=O) groups excluding carboxylic acids is 1. The van der Waals surface area contributed by atoms with Crippen LogP contribution in [0.3, 0.4) is 0 Å². The molecule has 0 fully saturated rings. The van der Waals surface area contributed by atoms with Crippen LogP contribution < -0.4 is 10.6 Å². The third kappa shape index (κ3) is 8.24. The van der Waals surface area contributed by atoms with Crippen LogP contribution in [0.15, 0.2) is 60.7 Å². The first kappa shape index (κ1) is 11.5. The van der Waals surface area contributed by atoms with Gasteiger partial charge < -0.3 is 20.5 Å². The normalized spacial score (nSPS) is 20.0. The van der Waals surface area contributed by atoms with Crippen LogP contribution in [0, 0.1) is 5.89 Å². The highest BCUT2D eigenvalue weighted by molar-refractivity contribution is 5.67. The maximum absolute atomic E-state index is 12.4. The molecule has 2 atom stereocenters. The highest BCUT2D eigenvalue weighted by Gasteiger charge is 2.22. The molecule has 146 valence electrons. The Labute approximate surface area is 174 Å². The van der Waals surface area contributed by atoms with Gasteiger partial charge in [0.05, 0.1) is 12.1 Å². The predicted molar refractivity (Wildman–Crippen MR) is 107 cm³/mol. The minimum absolute atomic E-state index is 0.0276. The molecule has 2 aromatic carbocycles. The summed E-state index contributed by atoms with van der Waals surface area (Å²) in [5.41, 5.74) is 1.47. The van der Waals surface area contributed by atoms with E-state index in [4.69, 9.17) is 17.1 Å². The second-order valence-electron chi connectivity index (χ2n) is 5.95. The van der Waals surface area contributed by atoms with Crippen molar-refractivity contribution in [2.24, 2.45) is 5.89 Å². The van der Waals surface area contributed by atoms with E-state index in [0.29, 0.717) is 0 Å². The molecule has 0 heterocycles. The van der Waals surface area contributed by atoms with Crippen molar-refractivity contribution < 1.29 is 27.0 Å². The van der Waals surface area contributed by atoms with Gasteiger partial charge in [-0.25, -0.2) is 4.79 Å². The van der Waals surface area contributed by atoms with Gasteiger partial charge in [-0.15, -0.1) is 0 Å². The smallest absolute Gasteiger partial charge is 0.407 e. The van der Waals surface area contributed by atoms with Gasteiger partial charge in [0, 0.05) is 18.9 Å². The number of alkyl carbamates (subject to hydrolysis) is 1. The van der Waals surface area contributed by atoms with E-state index in [1.807, 2.05) is 6.07 Å². The Kier molecular flexibility index (Phi) is 4.83. The van der Waals surface area contributed by atoms with Crippen LogP contribution in [0.4, 0.5) is 4.79 Å². The maximum Gasteiger partial charge on any atom is 0.407 e. The Morgan fingerprint density at radius 1 is 1.15 bits per heavy atom. The van der Waals surface area contributed by atoms with Crippen LogP contribution >= 0.6 is 0 Å². The van der Waals surface area contributed by atoms with Crippen molar-refractivity contribution in [2.45, 2.75) is 38.9 Å². The molecule has 0 unspecified atom stereocenters. The average molecular weight is 380 g/mol.